The van der Waals surface area contributed by atoms with Crippen LogP contribution in [0.15, 0.2) is 30.3 Å². The van der Waals surface area contributed by atoms with Gasteiger partial charge in [0.1, 0.15) is 6.61 Å². The van der Waals surface area contributed by atoms with Crippen LogP contribution in [0.5, 0.6) is 0 Å². The third-order valence-corrected chi connectivity index (χ3v) is 3.65. The highest BCUT2D eigenvalue weighted by Crippen LogP contribution is 2.22. The molecule has 1 aliphatic rings. The van der Waals surface area contributed by atoms with Crippen LogP contribution in [0.3, 0.4) is 0 Å². The lowest BCUT2D eigenvalue weighted by molar-refractivity contribution is -0.137. The number of likely N-dealkylation sites (tertiary alicyclic amines) is 1. The van der Waals surface area contributed by atoms with Crippen molar-refractivity contribution < 1.29 is 9.53 Å². The normalized spacial score (nSPS) is 21.6. The molecule has 2 atom stereocenters. The summed E-state index contributed by atoms with van der Waals surface area (Å²) < 4.78 is 5.49. The van der Waals surface area contributed by atoms with E-state index < -0.39 is 0 Å². The Hall–Kier alpha value is -1.10. The topological polar surface area (TPSA) is 55.6 Å². The summed E-state index contributed by atoms with van der Waals surface area (Å²) in [6, 6.07) is 10.2. The third kappa shape index (κ3) is 4.47. The number of carbonyl (C=O) groups is 1. The molecule has 1 aromatic rings. The maximum atomic E-state index is 12.1. The molecule has 1 heterocycles. The predicted octanol–water partition coefficient (Wildman–Crippen LogP) is 1.82. The molecule has 1 aromatic carbocycles. The van der Waals surface area contributed by atoms with E-state index in [4.69, 9.17) is 10.5 Å². The summed E-state index contributed by atoms with van der Waals surface area (Å²) in [5.41, 5.74) is 6.75. The molecule has 0 aromatic heterocycles. The summed E-state index contributed by atoms with van der Waals surface area (Å²) >= 11 is 0. The Kier molecular flexibility index (Phi) is 6.99. The van der Waals surface area contributed by atoms with Gasteiger partial charge in [-0.05, 0) is 31.4 Å². The zero-order chi connectivity index (χ0) is 13.7. The second-order valence-corrected chi connectivity index (χ2v) is 5.21. The van der Waals surface area contributed by atoms with E-state index >= 15 is 0 Å². The smallest absolute Gasteiger partial charge is 0.248 e. The van der Waals surface area contributed by atoms with Crippen LogP contribution >= 0.6 is 12.4 Å². The van der Waals surface area contributed by atoms with E-state index in [2.05, 4.69) is 6.92 Å². The van der Waals surface area contributed by atoms with Crippen LogP contribution in [0.4, 0.5) is 0 Å². The molecular weight excluding hydrogens is 276 g/mol. The number of hydrogen-bond acceptors (Lipinski definition) is 3. The number of carbonyl (C=O) groups excluding carboxylic acids is 1. The first kappa shape index (κ1) is 17.0. The highest BCUT2D eigenvalue weighted by Gasteiger charge is 2.31. The summed E-state index contributed by atoms with van der Waals surface area (Å²) in [5, 5.41) is 0. The zero-order valence-electron chi connectivity index (χ0n) is 11.8. The quantitative estimate of drug-likeness (QED) is 0.902. The van der Waals surface area contributed by atoms with Gasteiger partial charge < -0.3 is 15.4 Å². The Labute approximate surface area is 126 Å². The number of ether oxygens (including phenoxy) is 1. The van der Waals surface area contributed by atoms with Crippen molar-refractivity contribution in [3.8, 4) is 0 Å². The largest absolute Gasteiger partial charge is 0.367 e. The van der Waals surface area contributed by atoms with Crippen LogP contribution in [0, 0.1) is 5.92 Å². The van der Waals surface area contributed by atoms with E-state index in [9.17, 15) is 4.79 Å². The molecule has 0 spiro atoms. The van der Waals surface area contributed by atoms with Gasteiger partial charge in [0.25, 0.3) is 0 Å². The fourth-order valence-electron chi connectivity index (χ4n) is 2.57. The Morgan fingerprint density at radius 2 is 2.10 bits per heavy atom. The Balaban J connectivity index is 0.00000200. The molecule has 0 bridgehead atoms. The number of halogens is 1. The monoisotopic (exact) mass is 298 g/mol. The van der Waals surface area contributed by atoms with Crippen molar-refractivity contribution >= 4 is 18.3 Å². The summed E-state index contributed by atoms with van der Waals surface area (Å²) in [6.45, 7) is 4.13. The summed E-state index contributed by atoms with van der Waals surface area (Å²) in [4.78, 5) is 14.0. The molecule has 0 aliphatic carbocycles. The minimum Gasteiger partial charge on any atom is -0.367 e. The van der Waals surface area contributed by atoms with Gasteiger partial charge in [-0.3, -0.25) is 4.79 Å². The fraction of sp³-hybridized carbons (Fsp3) is 0.533. The van der Waals surface area contributed by atoms with Crippen molar-refractivity contribution in [2.45, 2.75) is 26.0 Å². The minimum absolute atomic E-state index is 0. The molecule has 2 rings (SSSR count). The van der Waals surface area contributed by atoms with Crippen molar-refractivity contribution in [1.82, 2.24) is 4.90 Å². The first-order chi connectivity index (χ1) is 9.20. The Morgan fingerprint density at radius 1 is 1.40 bits per heavy atom. The molecule has 1 fully saturated rings. The zero-order valence-corrected chi connectivity index (χ0v) is 12.6. The van der Waals surface area contributed by atoms with Gasteiger partial charge in [0.15, 0.2) is 0 Å². The molecule has 0 radical (unpaired) electrons. The van der Waals surface area contributed by atoms with Crippen LogP contribution in [0.25, 0.3) is 0 Å². The van der Waals surface area contributed by atoms with Crippen molar-refractivity contribution in [3.63, 3.8) is 0 Å². The lowest BCUT2D eigenvalue weighted by Crippen LogP contribution is -2.37. The van der Waals surface area contributed by atoms with Crippen molar-refractivity contribution in [3.05, 3.63) is 35.9 Å². The lowest BCUT2D eigenvalue weighted by Gasteiger charge is -2.21. The summed E-state index contributed by atoms with van der Waals surface area (Å²) in [5.74, 6) is 0.507. The lowest BCUT2D eigenvalue weighted by atomic mass is 10.1. The van der Waals surface area contributed by atoms with E-state index in [0.717, 1.165) is 18.5 Å². The van der Waals surface area contributed by atoms with Crippen LogP contribution in [-0.2, 0) is 16.1 Å². The van der Waals surface area contributed by atoms with Crippen molar-refractivity contribution in [1.29, 1.82) is 0 Å². The van der Waals surface area contributed by atoms with Crippen molar-refractivity contribution in [2.75, 3.05) is 19.7 Å². The summed E-state index contributed by atoms with van der Waals surface area (Å²) in [7, 11) is 0. The second-order valence-electron chi connectivity index (χ2n) is 5.21. The highest BCUT2D eigenvalue weighted by molar-refractivity contribution is 5.85. The number of nitrogens with zero attached hydrogens (tertiary/aromatic N) is 1. The number of hydrogen-bond donors (Lipinski definition) is 1. The fourth-order valence-corrected chi connectivity index (χ4v) is 2.57. The minimum atomic E-state index is 0. The van der Waals surface area contributed by atoms with Crippen molar-refractivity contribution in [2.24, 2.45) is 11.7 Å². The SMILES string of the molecule is CC1CC(CN)CN1C(=O)COCc1ccccc1.Cl. The predicted molar refractivity (Wildman–Crippen MR) is 81.7 cm³/mol. The molecular formula is C15H23ClN2O2. The van der Waals surface area contributed by atoms with E-state index in [-0.39, 0.29) is 31.0 Å². The Morgan fingerprint density at radius 3 is 2.70 bits per heavy atom. The molecule has 20 heavy (non-hydrogen) atoms. The Bertz CT molecular complexity index is 414. The molecule has 1 amide bonds. The van der Waals surface area contributed by atoms with E-state index in [1.54, 1.807) is 0 Å². The van der Waals surface area contributed by atoms with E-state index in [1.807, 2.05) is 35.2 Å². The maximum Gasteiger partial charge on any atom is 0.248 e. The van der Waals surface area contributed by atoms with Gasteiger partial charge in [-0.2, -0.15) is 0 Å². The maximum absolute atomic E-state index is 12.1. The first-order valence-electron chi connectivity index (χ1n) is 6.82. The van der Waals surface area contributed by atoms with Crippen LogP contribution in [-0.4, -0.2) is 36.5 Å². The van der Waals surface area contributed by atoms with Gasteiger partial charge in [0.05, 0.1) is 6.61 Å². The van der Waals surface area contributed by atoms with Gasteiger partial charge in [-0.1, -0.05) is 30.3 Å². The average molecular weight is 299 g/mol. The van der Waals surface area contributed by atoms with Crippen LogP contribution in [0.2, 0.25) is 0 Å². The molecule has 1 saturated heterocycles. The van der Waals surface area contributed by atoms with Gasteiger partial charge in [0, 0.05) is 12.6 Å². The van der Waals surface area contributed by atoms with Gasteiger partial charge >= 0.3 is 0 Å². The van der Waals surface area contributed by atoms with Crippen LogP contribution in [0.1, 0.15) is 18.9 Å². The number of rotatable bonds is 5. The number of nitrogens with two attached hydrogens (primary N) is 1. The second kappa shape index (κ2) is 8.25. The molecule has 2 unspecified atom stereocenters. The van der Waals surface area contributed by atoms with Crippen LogP contribution < -0.4 is 5.73 Å². The van der Waals surface area contributed by atoms with Gasteiger partial charge in [0.2, 0.25) is 5.91 Å². The summed E-state index contributed by atoms with van der Waals surface area (Å²) in [6.07, 6.45) is 1.00. The molecule has 2 N–H and O–H groups in total. The molecule has 112 valence electrons. The molecule has 0 saturated carbocycles. The molecule has 1 aliphatic heterocycles. The highest BCUT2D eigenvalue weighted by atomic mass is 35.5. The standard InChI is InChI=1S/C15H22N2O2.ClH/c1-12-7-14(8-16)9-17(12)15(18)11-19-10-13-5-3-2-4-6-13;/h2-6,12,14H,7-11,16H2,1H3;1H. The van der Waals surface area contributed by atoms with Gasteiger partial charge in [-0.15, -0.1) is 12.4 Å². The number of benzene rings is 1. The molecule has 5 heteroatoms. The molecule has 4 nitrogen and oxygen atoms in total. The first-order valence-corrected chi connectivity index (χ1v) is 6.82. The third-order valence-electron chi connectivity index (χ3n) is 3.65. The average Bonchev–Trinajstić information content (AvgIpc) is 2.81. The number of amides is 1. The van der Waals surface area contributed by atoms with Gasteiger partial charge in [-0.25, -0.2) is 0 Å². The van der Waals surface area contributed by atoms with E-state index in [0.29, 0.717) is 19.1 Å². The van der Waals surface area contributed by atoms with E-state index in [1.165, 1.54) is 0 Å².